The van der Waals surface area contributed by atoms with Crippen molar-refractivity contribution in [2.45, 2.75) is 31.1 Å². The lowest BCUT2D eigenvalue weighted by Crippen LogP contribution is -2.43. The summed E-state index contributed by atoms with van der Waals surface area (Å²) < 4.78 is 2.27. The van der Waals surface area contributed by atoms with Crippen LogP contribution in [0.5, 0.6) is 0 Å². The largest absolute Gasteiger partial charge is 0.396 e. The summed E-state index contributed by atoms with van der Waals surface area (Å²) in [5, 5.41) is 12.4. The number of nitrogens with one attached hydrogen (secondary N) is 1. The summed E-state index contributed by atoms with van der Waals surface area (Å²) in [5.74, 6) is 0.890. The van der Waals surface area contributed by atoms with Gasteiger partial charge in [-0.25, -0.2) is 9.30 Å². The monoisotopic (exact) mass is 507 g/mol. The molecule has 8 heteroatoms. The predicted molar refractivity (Wildman–Crippen MR) is 149 cm³/mol. The summed E-state index contributed by atoms with van der Waals surface area (Å²) in [5.41, 5.74) is 10.9. The number of aliphatic hydroxyl groups excluding tert-OH is 1. The van der Waals surface area contributed by atoms with E-state index in [0.717, 1.165) is 67.9 Å². The Labute approximate surface area is 218 Å². The van der Waals surface area contributed by atoms with Crippen molar-refractivity contribution in [1.82, 2.24) is 14.5 Å². The number of fused-ring (bicyclic) bond motifs is 1. The molecule has 4 rings (SSSR count). The number of amides is 1. The second-order valence-corrected chi connectivity index (χ2v) is 10.7. The quantitative estimate of drug-likeness (QED) is 0.315. The highest BCUT2D eigenvalue weighted by molar-refractivity contribution is 7.97. The molecule has 1 saturated heterocycles. The van der Waals surface area contributed by atoms with Gasteiger partial charge in [-0.2, -0.15) is 0 Å². The zero-order valence-corrected chi connectivity index (χ0v) is 22.1. The molecule has 0 atom stereocenters. The Morgan fingerprint density at radius 1 is 1.22 bits per heavy atom. The van der Waals surface area contributed by atoms with Gasteiger partial charge < -0.3 is 21.1 Å². The van der Waals surface area contributed by atoms with Gasteiger partial charge in [-0.15, -0.1) is 0 Å². The molecule has 36 heavy (non-hydrogen) atoms. The molecule has 2 aromatic carbocycles. The summed E-state index contributed by atoms with van der Waals surface area (Å²) >= 11 is 1.73. The van der Waals surface area contributed by atoms with Crippen LogP contribution in [0.15, 0.2) is 57.9 Å². The molecule has 2 aliphatic heterocycles. The first-order chi connectivity index (χ1) is 17.5. The molecule has 0 spiro atoms. The minimum absolute atomic E-state index is 0.0437. The maximum Gasteiger partial charge on any atom is 0.250 e. The van der Waals surface area contributed by atoms with E-state index < -0.39 is 0 Å². The summed E-state index contributed by atoms with van der Waals surface area (Å²) in [4.78, 5) is 21.2. The van der Waals surface area contributed by atoms with Crippen molar-refractivity contribution in [2.24, 2.45) is 16.6 Å². The highest BCUT2D eigenvalue weighted by Crippen LogP contribution is 2.35. The molecule has 4 N–H and O–H groups in total. The van der Waals surface area contributed by atoms with Gasteiger partial charge in [0.05, 0.1) is 5.69 Å². The van der Waals surface area contributed by atoms with E-state index in [0.29, 0.717) is 23.7 Å². The Morgan fingerprint density at radius 3 is 2.78 bits per heavy atom. The third-order valence-corrected chi connectivity index (χ3v) is 7.51. The number of hydrogen-bond donors (Lipinski definition) is 3. The lowest BCUT2D eigenvalue weighted by atomic mass is 10.0. The highest BCUT2D eigenvalue weighted by Gasteiger charge is 2.26. The molecule has 2 heterocycles. The fraction of sp³-hybridized carbons (Fsp3) is 0.429. The molecule has 0 radical (unpaired) electrons. The zero-order chi connectivity index (χ0) is 25.5. The first-order valence-corrected chi connectivity index (χ1v) is 13.5. The topological polar surface area (TPSA) is 94.2 Å². The third kappa shape index (κ3) is 6.56. The van der Waals surface area contributed by atoms with Crippen LogP contribution in [-0.4, -0.2) is 72.4 Å². The Bertz CT molecular complexity index is 1130. The highest BCUT2D eigenvalue weighted by atomic mass is 32.2. The molecule has 1 amide bonds. The van der Waals surface area contributed by atoms with Crippen LogP contribution in [0.25, 0.3) is 17.2 Å². The maximum absolute atomic E-state index is 13.4. The van der Waals surface area contributed by atoms with Gasteiger partial charge in [-0.1, -0.05) is 31.2 Å². The maximum atomic E-state index is 13.4. The number of aliphatic hydroxyl groups is 1. The molecule has 0 aromatic heterocycles. The van der Waals surface area contributed by atoms with E-state index in [1.165, 1.54) is 4.90 Å². The lowest BCUT2D eigenvalue weighted by Gasteiger charge is -2.36. The molecule has 0 unspecified atom stereocenters. The number of benzene rings is 2. The van der Waals surface area contributed by atoms with Gasteiger partial charge in [0.1, 0.15) is 5.84 Å². The number of nitrogens with two attached hydrogens (primary N) is 1. The Balaban J connectivity index is 1.54. The van der Waals surface area contributed by atoms with E-state index in [-0.39, 0.29) is 12.5 Å². The molecule has 2 aliphatic rings. The minimum Gasteiger partial charge on any atom is -0.396 e. The van der Waals surface area contributed by atoms with E-state index in [1.54, 1.807) is 11.9 Å². The zero-order valence-electron chi connectivity index (χ0n) is 21.2. The fourth-order valence-electron chi connectivity index (χ4n) is 4.54. The predicted octanol–water partition coefficient (Wildman–Crippen LogP) is 3.91. The second-order valence-electron chi connectivity index (χ2n) is 9.49. The normalized spacial score (nSPS) is 16.0. The number of nitrogens with zero attached hydrogens (tertiary/aromatic N) is 3. The summed E-state index contributed by atoms with van der Waals surface area (Å²) in [6.45, 7) is 6.51. The average Bonchev–Trinajstić information content (AvgIpc) is 3.02. The van der Waals surface area contributed by atoms with Crippen molar-refractivity contribution >= 4 is 35.5 Å². The lowest BCUT2D eigenvalue weighted by molar-refractivity contribution is -0.127. The number of carbonyl (C=O) groups excluding carboxylic acids is 1. The van der Waals surface area contributed by atoms with Crippen molar-refractivity contribution in [1.29, 1.82) is 0 Å². The molecule has 0 saturated carbocycles. The van der Waals surface area contributed by atoms with Crippen molar-refractivity contribution in [3.63, 3.8) is 0 Å². The van der Waals surface area contributed by atoms with Gasteiger partial charge in [0, 0.05) is 61.2 Å². The van der Waals surface area contributed by atoms with Crippen LogP contribution in [0.2, 0.25) is 0 Å². The van der Waals surface area contributed by atoms with Gasteiger partial charge >= 0.3 is 0 Å². The van der Waals surface area contributed by atoms with E-state index in [9.17, 15) is 9.90 Å². The van der Waals surface area contributed by atoms with Crippen molar-refractivity contribution < 1.29 is 9.90 Å². The van der Waals surface area contributed by atoms with E-state index in [4.69, 9.17) is 5.73 Å². The van der Waals surface area contributed by atoms with Crippen molar-refractivity contribution in [3.05, 3.63) is 53.6 Å². The van der Waals surface area contributed by atoms with Crippen LogP contribution in [0.4, 0.5) is 5.69 Å². The average molecular weight is 508 g/mol. The first kappa shape index (κ1) is 26.4. The first-order valence-electron chi connectivity index (χ1n) is 12.8. The fourth-order valence-corrected chi connectivity index (χ4v) is 5.72. The summed E-state index contributed by atoms with van der Waals surface area (Å²) in [7, 11) is 1.93. The van der Waals surface area contributed by atoms with Crippen LogP contribution in [-0.2, 0) is 4.79 Å². The van der Waals surface area contributed by atoms with Gasteiger partial charge in [0.2, 0.25) is 5.91 Å². The SMILES string of the molecule is CCCN(CCCNC)C(=O)C1=Cc2ccc(-c3cccc(SN4CC(CO)C4)c3)cc2N=C(N)C1. The Hall–Kier alpha value is -2.65. The van der Waals surface area contributed by atoms with Crippen LogP contribution in [0.1, 0.15) is 31.7 Å². The van der Waals surface area contributed by atoms with Crippen molar-refractivity contribution in [2.75, 3.05) is 46.4 Å². The number of rotatable bonds is 11. The molecule has 7 nitrogen and oxygen atoms in total. The molecule has 0 aliphatic carbocycles. The van der Waals surface area contributed by atoms with Gasteiger partial charge in [0.15, 0.2) is 0 Å². The van der Waals surface area contributed by atoms with Crippen LogP contribution < -0.4 is 11.1 Å². The van der Waals surface area contributed by atoms with E-state index in [1.807, 2.05) is 24.1 Å². The molecule has 192 valence electrons. The summed E-state index contributed by atoms with van der Waals surface area (Å²) in [6, 6.07) is 14.6. The Morgan fingerprint density at radius 2 is 2.03 bits per heavy atom. The van der Waals surface area contributed by atoms with Gasteiger partial charge in [-0.05, 0) is 73.8 Å². The van der Waals surface area contributed by atoms with Crippen LogP contribution >= 0.6 is 11.9 Å². The molecular weight excluding hydrogens is 470 g/mol. The van der Waals surface area contributed by atoms with E-state index >= 15 is 0 Å². The molecular formula is C28H37N5O2S. The molecule has 2 aromatic rings. The van der Waals surface area contributed by atoms with Gasteiger partial charge in [0.25, 0.3) is 0 Å². The summed E-state index contributed by atoms with van der Waals surface area (Å²) in [6.07, 6.45) is 4.14. The van der Waals surface area contributed by atoms with Crippen molar-refractivity contribution in [3.8, 4) is 11.1 Å². The third-order valence-electron chi connectivity index (χ3n) is 6.49. The molecule has 0 bridgehead atoms. The number of carbonyl (C=O) groups is 1. The van der Waals surface area contributed by atoms with Crippen LogP contribution in [0, 0.1) is 5.92 Å². The number of amidine groups is 1. The van der Waals surface area contributed by atoms with Crippen LogP contribution in [0.3, 0.4) is 0 Å². The second kappa shape index (κ2) is 12.5. The van der Waals surface area contributed by atoms with E-state index in [2.05, 4.69) is 57.9 Å². The Kier molecular flexibility index (Phi) is 9.20. The molecule has 1 fully saturated rings. The smallest absolute Gasteiger partial charge is 0.250 e. The standard InChI is InChI=1S/C28H37N5O2S/c1-3-11-32(12-5-10-30-2)28(35)24-13-23-9-8-22(15-26(23)31-27(29)16-24)21-6-4-7-25(14-21)36-33-17-20(18-33)19-34/h4,6-9,13-15,20,30,34H,3,5,10-12,16-19H2,1-2H3,(H2,29,31). The minimum atomic E-state index is 0.0437. The number of aliphatic imine (C=N–C) groups is 1. The van der Waals surface area contributed by atoms with Gasteiger partial charge in [-0.3, -0.25) is 4.79 Å². The number of hydrogen-bond acceptors (Lipinski definition) is 7.